The molecule has 0 spiro atoms. The number of hydrogen-bond donors (Lipinski definition) is 3. The van der Waals surface area contributed by atoms with Gasteiger partial charge in [-0.15, -0.1) is 0 Å². The fourth-order valence-corrected chi connectivity index (χ4v) is 8.56. The van der Waals surface area contributed by atoms with Crippen LogP contribution in [0.5, 0.6) is 0 Å². The van der Waals surface area contributed by atoms with Gasteiger partial charge in [0.1, 0.15) is 24.1 Å². The van der Waals surface area contributed by atoms with Gasteiger partial charge in [0.2, 0.25) is 5.36 Å². The van der Waals surface area contributed by atoms with Crippen LogP contribution in [0, 0.1) is 0 Å². The van der Waals surface area contributed by atoms with Crippen LogP contribution in [0.2, 0.25) is 0 Å². The quantitative estimate of drug-likeness (QED) is 0.0175. The Morgan fingerprint density at radius 2 is 1.59 bits per heavy atom. The first kappa shape index (κ1) is 40.8. The van der Waals surface area contributed by atoms with Crippen molar-refractivity contribution >= 4 is 71.3 Å². The van der Waals surface area contributed by atoms with E-state index in [0.29, 0.717) is 56.7 Å². The second kappa shape index (κ2) is 17.0. The summed E-state index contributed by atoms with van der Waals surface area (Å²) >= 11 is 3.46. The molecule has 0 saturated carbocycles. The lowest BCUT2D eigenvalue weighted by molar-refractivity contribution is -0.182. The van der Waals surface area contributed by atoms with E-state index in [4.69, 9.17) is 8.97 Å². The second-order valence-corrected chi connectivity index (χ2v) is 17.6. The van der Waals surface area contributed by atoms with Crippen molar-refractivity contribution < 1.29 is 57.5 Å². The van der Waals surface area contributed by atoms with E-state index >= 15 is 0 Å². The van der Waals surface area contributed by atoms with Gasteiger partial charge in [-0.05, 0) is 55.0 Å². The standard InChI is InChI=1S/C35H36N2O13S4/c1-3-37(25-7-6-8-27(21-25)53(42,43)20-16-47-50-51)26-12-14-31-33(23-26)49-32-22-24(36(2)15-18-52(40,41)19-17-48-54(44,45)46)11-13-30(32)34(31)28-9-4-5-10-29(28)35(38)39/h4-14,21-23H,3,15-20H2,1-2H3,(H2-,38,39,44,45,46,51)/p+1. The number of hydrogen-bond acceptors (Lipinski definition) is 13. The molecule has 0 atom stereocenters. The number of anilines is 2. The monoisotopic (exact) mass is 821 g/mol. The van der Waals surface area contributed by atoms with Crippen molar-refractivity contribution in [2.75, 3.05) is 55.5 Å². The van der Waals surface area contributed by atoms with Gasteiger partial charge in [-0.3, -0.25) is 4.55 Å². The van der Waals surface area contributed by atoms with Crippen molar-refractivity contribution in [1.82, 2.24) is 4.58 Å². The fraction of sp³-hybridized carbons (Fsp3) is 0.257. The van der Waals surface area contributed by atoms with E-state index in [0.717, 1.165) is 0 Å². The zero-order valence-electron chi connectivity index (χ0n) is 29.0. The molecule has 288 valence electrons. The summed E-state index contributed by atoms with van der Waals surface area (Å²) in [7, 11) is -10.6. The van der Waals surface area contributed by atoms with Gasteiger partial charge < -0.3 is 14.4 Å². The Labute approximate surface area is 317 Å². The molecular formula is C35H37N2O13S4+. The molecule has 54 heavy (non-hydrogen) atoms. The van der Waals surface area contributed by atoms with E-state index in [1.807, 2.05) is 24.0 Å². The van der Waals surface area contributed by atoms with E-state index in [9.17, 15) is 35.2 Å². The lowest BCUT2D eigenvalue weighted by Gasteiger charge is -2.25. The summed E-state index contributed by atoms with van der Waals surface area (Å²) in [4.78, 5) is 19.0. The van der Waals surface area contributed by atoms with Crippen LogP contribution in [-0.4, -0.2) is 91.5 Å². The van der Waals surface area contributed by atoms with Gasteiger partial charge in [0, 0.05) is 59.5 Å². The van der Waals surface area contributed by atoms with Crippen molar-refractivity contribution in [3.8, 4) is 22.5 Å². The van der Waals surface area contributed by atoms with Gasteiger partial charge in [-0.25, -0.2) is 35.3 Å². The average Bonchev–Trinajstić information content (AvgIpc) is 3.12. The number of nitrogens with zero attached hydrogens (tertiary/aromatic N) is 2. The van der Waals surface area contributed by atoms with E-state index in [2.05, 4.69) is 26.3 Å². The van der Waals surface area contributed by atoms with Crippen LogP contribution in [0.3, 0.4) is 0 Å². The highest BCUT2D eigenvalue weighted by Crippen LogP contribution is 2.42. The number of rotatable bonds is 17. The summed E-state index contributed by atoms with van der Waals surface area (Å²) in [5.41, 5.74) is 3.33. The van der Waals surface area contributed by atoms with Crippen molar-refractivity contribution in [1.29, 1.82) is 0 Å². The summed E-state index contributed by atoms with van der Waals surface area (Å²) in [5.74, 6) is -2.05. The summed E-state index contributed by atoms with van der Waals surface area (Å²) < 4.78 is 97.9. The third-order valence-electron chi connectivity index (χ3n) is 8.53. The predicted molar refractivity (Wildman–Crippen MR) is 205 cm³/mol. The molecule has 19 heteroatoms. The minimum absolute atomic E-state index is 0.0163. The largest absolute Gasteiger partial charge is 0.478 e. The summed E-state index contributed by atoms with van der Waals surface area (Å²) in [5, 5.41) is 11.3. The topological polar surface area (TPSA) is 207 Å². The van der Waals surface area contributed by atoms with Crippen molar-refractivity contribution in [2.45, 2.75) is 11.8 Å². The van der Waals surface area contributed by atoms with Crippen LogP contribution in [0.25, 0.3) is 33.4 Å². The lowest BCUT2D eigenvalue weighted by Crippen LogP contribution is -2.32. The van der Waals surface area contributed by atoms with Gasteiger partial charge in [0.25, 0.3) is 0 Å². The zero-order valence-corrected chi connectivity index (χ0v) is 32.3. The summed E-state index contributed by atoms with van der Waals surface area (Å²) in [6.45, 7) is 1.42. The summed E-state index contributed by atoms with van der Waals surface area (Å²) in [6, 6.07) is 23.7. The molecule has 0 saturated heterocycles. The molecule has 1 heterocycles. The van der Waals surface area contributed by atoms with Crippen molar-refractivity contribution in [3.05, 3.63) is 95.8 Å². The minimum Gasteiger partial charge on any atom is -0.478 e. The number of sulfone groups is 2. The highest BCUT2D eigenvalue weighted by molar-refractivity contribution is 7.91. The number of fused-ring (bicyclic) bond motifs is 2. The number of benzene rings is 4. The molecule has 3 aromatic carbocycles. The van der Waals surface area contributed by atoms with E-state index in [-0.39, 0.29) is 35.1 Å². The first-order valence-corrected chi connectivity index (χ1v) is 21.5. The van der Waals surface area contributed by atoms with Gasteiger partial charge in [-0.1, -0.05) is 24.3 Å². The number of carbonyl (C=O) groups is 1. The second-order valence-electron chi connectivity index (χ2n) is 12.0. The number of carboxylic acids is 1. The Balaban J connectivity index is 1.62. The van der Waals surface area contributed by atoms with Crippen LogP contribution in [0.1, 0.15) is 17.3 Å². The molecule has 5 rings (SSSR count). The maximum atomic E-state index is 13.0. The zero-order chi connectivity index (χ0) is 39.3. The maximum Gasteiger partial charge on any atom is 0.397 e. The molecule has 15 nitrogen and oxygen atoms in total. The predicted octanol–water partition coefficient (Wildman–Crippen LogP) is 4.26. The highest BCUT2D eigenvalue weighted by atomic mass is 32.3. The van der Waals surface area contributed by atoms with Gasteiger partial charge in [0.15, 0.2) is 26.2 Å². The minimum atomic E-state index is -4.77. The SMILES string of the molecule is CCN(c1cccc(S(=O)(=O)CCOOS)c1)c1ccc2c(-c3ccccc3C(=O)O)c3ccc(=[N+](C)CCS(=O)(=O)CCOS(=O)(=O)O)cc-3oc2c1. The highest BCUT2D eigenvalue weighted by Gasteiger charge is 2.24. The van der Waals surface area contributed by atoms with Crippen molar-refractivity contribution in [3.63, 3.8) is 0 Å². The third-order valence-corrected chi connectivity index (χ3v) is 12.4. The Hall–Kier alpha value is -4.34. The average molecular weight is 822 g/mol. The number of aromatic carboxylic acids is 1. The van der Waals surface area contributed by atoms with Crippen LogP contribution >= 0.6 is 12.9 Å². The molecule has 1 aliphatic heterocycles. The van der Waals surface area contributed by atoms with Crippen LogP contribution < -0.4 is 14.8 Å². The molecule has 1 aliphatic carbocycles. The van der Waals surface area contributed by atoms with E-state index in [1.54, 1.807) is 72.3 Å². The molecule has 0 bridgehead atoms. The first-order chi connectivity index (χ1) is 25.5. The Kier molecular flexibility index (Phi) is 12.8. The van der Waals surface area contributed by atoms with Crippen LogP contribution in [0.15, 0.2) is 94.2 Å². The normalized spacial score (nSPS) is 13.0. The molecule has 0 radical (unpaired) electrons. The van der Waals surface area contributed by atoms with Crippen molar-refractivity contribution in [2.24, 2.45) is 0 Å². The summed E-state index contributed by atoms with van der Waals surface area (Å²) in [6.07, 6.45) is 0. The van der Waals surface area contributed by atoms with E-state index in [1.165, 1.54) is 12.1 Å². The van der Waals surface area contributed by atoms with Gasteiger partial charge in [-0.2, -0.15) is 12.8 Å². The van der Waals surface area contributed by atoms with Crippen LogP contribution in [0.4, 0.5) is 11.4 Å². The smallest absolute Gasteiger partial charge is 0.397 e. The molecule has 0 fully saturated rings. The molecule has 2 N–H and O–H groups in total. The van der Waals surface area contributed by atoms with E-state index < -0.39 is 48.4 Å². The van der Waals surface area contributed by atoms with Crippen LogP contribution in [-0.2, 0) is 43.5 Å². The molecule has 0 amide bonds. The molecule has 0 unspecified atom stereocenters. The molecule has 2 aliphatic rings. The third kappa shape index (κ3) is 9.85. The van der Waals surface area contributed by atoms with Gasteiger partial charge in [0.05, 0.1) is 41.2 Å². The Morgan fingerprint density at radius 1 is 0.852 bits per heavy atom. The number of thiol groups is 1. The molecular weight excluding hydrogens is 785 g/mol. The first-order valence-electron chi connectivity index (χ1n) is 16.3. The molecule has 3 aromatic rings. The Bertz CT molecular complexity index is 2550. The number of carboxylic acid groups (broad SMARTS) is 1. The molecule has 0 aromatic heterocycles. The maximum absolute atomic E-state index is 13.0. The fourth-order valence-electron chi connectivity index (χ4n) is 5.88. The lowest BCUT2D eigenvalue weighted by atomic mass is 9.90. The Morgan fingerprint density at radius 3 is 2.30 bits per heavy atom. The van der Waals surface area contributed by atoms with Gasteiger partial charge >= 0.3 is 16.4 Å².